The van der Waals surface area contributed by atoms with Gasteiger partial charge in [-0.15, -0.1) is 0 Å². The van der Waals surface area contributed by atoms with Gasteiger partial charge in [-0.25, -0.2) is 0 Å². The summed E-state index contributed by atoms with van der Waals surface area (Å²) in [5, 5.41) is 0. The zero-order valence-corrected chi connectivity index (χ0v) is 9.07. The Kier molecular flexibility index (Phi) is 3.06. The Morgan fingerprint density at radius 3 is 1.89 bits per heavy atom. The molecular formula is C6H9N2Zn-. The number of hydrogen-bond acceptors (Lipinski definition) is 1. The SMILES string of the molecule is Cc1nc(C)c(C)[n-]1.[Zn]. The molecule has 0 saturated heterocycles. The van der Waals surface area contributed by atoms with Gasteiger partial charge >= 0.3 is 0 Å². The quantitative estimate of drug-likeness (QED) is 0.548. The molecule has 0 aliphatic carbocycles. The van der Waals surface area contributed by atoms with E-state index in [9.17, 15) is 0 Å². The number of aryl methyl sites for hydroxylation is 3. The summed E-state index contributed by atoms with van der Waals surface area (Å²) in [5.41, 5.74) is 2.09. The molecule has 1 aromatic rings. The maximum absolute atomic E-state index is 4.10. The first-order chi connectivity index (χ1) is 3.70. The Morgan fingerprint density at radius 1 is 1.22 bits per heavy atom. The number of rotatable bonds is 0. The second kappa shape index (κ2) is 3.12. The van der Waals surface area contributed by atoms with Crippen LogP contribution in [0.5, 0.6) is 0 Å². The minimum absolute atomic E-state index is 0. The molecule has 0 N–H and O–H groups in total. The van der Waals surface area contributed by atoms with Gasteiger partial charge in [0.25, 0.3) is 0 Å². The topological polar surface area (TPSA) is 27.0 Å². The van der Waals surface area contributed by atoms with E-state index in [4.69, 9.17) is 0 Å². The van der Waals surface area contributed by atoms with Crippen LogP contribution in [0.15, 0.2) is 0 Å². The van der Waals surface area contributed by atoms with Gasteiger partial charge in [0, 0.05) is 19.5 Å². The molecule has 0 aliphatic heterocycles. The second-order valence-corrected chi connectivity index (χ2v) is 1.94. The van der Waals surface area contributed by atoms with E-state index >= 15 is 0 Å². The van der Waals surface area contributed by atoms with Gasteiger partial charge < -0.3 is 9.97 Å². The largest absolute Gasteiger partial charge is 0.444 e. The van der Waals surface area contributed by atoms with E-state index in [1.807, 2.05) is 20.8 Å². The predicted molar refractivity (Wildman–Crippen MR) is 31.8 cm³/mol. The van der Waals surface area contributed by atoms with Crippen molar-refractivity contribution in [2.45, 2.75) is 20.8 Å². The summed E-state index contributed by atoms with van der Waals surface area (Å²) in [4.78, 5) is 8.20. The van der Waals surface area contributed by atoms with E-state index in [1.54, 1.807) is 0 Å². The maximum Gasteiger partial charge on any atom is 0 e. The van der Waals surface area contributed by atoms with E-state index in [0.717, 1.165) is 17.2 Å². The molecule has 0 fully saturated rings. The molecule has 46 valence electrons. The molecule has 0 amide bonds. The van der Waals surface area contributed by atoms with Gasteiger partial charge in [0.05, 0.1) is 0 Å². The van der Waals surface area contributed by atoms with Crippen molar-refractivity contribution in [2.24, 2.45) is 0 Å². The van der Waals surface area contributed by atoms with Crippen molar-refractivity contribution < 1.29 is 19.5 Å². The third-order valence-electron chi connectivity index (χ3n) is 1.18. The Bertz CT molecular complexity index is 173. The average molecular weight is 175 g/mol. The van der Waals surface area contributed by atoms with Crippen LogP contribution in [-0.4, -0.2) is 4.98 Å². The zero-order valence-electron chi connectivity index (χ0n) is 6.10. The molecule has 3 heteroatoms. The summed E-state index contributed by atoms with van der Waals surface area (Å²) in [6.07, 6.45) is 0. The van der Waals surface area contributed by atoms with Crippen molar-refractivity contribution in [3.63, 3.8) is 0 Å². The fourth-order valence-corrected chi connectivity index (χ4v) is 0.672. The Morgan fingerprint density at radius 2 is 1.78 bits per heavy atom. The van der Waals surface area contributed by atoms with Gasteiger partial charge in [0.2, 0.25) is 0 Å². The Balaban J connectivity index is 0.000000640. The van der Waals surface area contributed by atoms with Crippen LogP contribution in [0.1, 0.15) is 17.2 Å². The normalized spacial score (nSPS) is 8.78. The smallest absolute Gasteiger partial charge is 0 e. The average Bonchev–Trinajstić information content (AvgIpc) is 1.85. The first kappa shape index (κ1) is 8.83. The number of aromatic nitrogens is 2. The summed E-state index contributed by atoms with van der Waals surface area (Å²) in [6, 6.07) is 0. The summed E-state index contributed by atoms with van der Waals surface area (Å²) >= 11 is 0. The van der Waals surface area contributed by atoms with Gasteiger partial charge in [-0.05, 0) is 20.8 Å². The fraction of sp³-hybridized carbons (Fsp3) is 0.500. The fourth-order valence-electron chi connectivity index (χ4n) is 0.672. The summed E-state index contributed by atoms with van der Waals surface area (Å²) in [6.45, 7) is 5.84. The molecular weight excluding hydrogens is 165 g/mol. The van der Waals surface area contributed by atoms with Crippen LogP contribution >= 0.6 is 0 Å². The van der Waals surface area contributed by atoms with Crippen molar-refractivity contribution in [2.75, 3.05) is 0 Å². The van der Waals surface area contributed by atoms with Crippen molar-refractivity contribution in [3.8, 4) is 0 Å². The monoisotopic (exact) mass is 173 g/mol. The molecule has 1 rings (SSSR count). The van der Waals surface area contributed by atoms with Crippen LogP contribution in [0.4, 0.5) is 0 Å². The number of nitrogens with zero attached hydrogens (tertiary/aromatic N) is 2. The summed E-state index contributed by atoms with van der Waals surface area (Å²) in [7, 11) is 0. The van der Waals surface area contributed by atoms with Gasteiger partial charge in [-0.2, -0.15) is 0 Å². The molecule has 0 atom stereocenters. The van der Waals surface area contributed by atoms with Crippen LogP contribution in [0.25, 0.3) is 0 Å². The molecule has 0 spiro atoms. The van der Waals surface area contributed by atoms with Crippen molar-refractivity contribution >= 4 is 0 Å². The van der Waals surface area contributed by atoms with E-state index in [1.165, 1.54) is 0 Å². The van der Waals surface area contributed by atoms with Gasteiger partial charge in [-0.3, -0.25) is 0 Å². The van der Waals surface area contributed by atoms with Crippen LogP contribution in [0.3, 0.4) is 0 Å². The molecule has 0 saturated carbocycles. The third kappa shape index (κ3) is 1.90. The summed E-state index contributed by atoms with van der Waals surface area (Å²) < 4.78 is 0. The van der Waals surface area contributed by atoms with Gasteiger partial charge in [0.1, 0.15) is 0 Å². The van der Waals surface area contributed by atoms with E-state index in [0.29, 0.717) is 0 Å². The Labute approximate surface area is 67.8 Å². The van der Waals surface area contributed by atoms with Gasteiger partial charge in [-0.1, -0.05) is 17.2 Å². The molecule has 9 heavy (non-hydrogen) atoms. The number of imidazole rings is 1. The minimum atomic E-state index is 0. The summed E-state index contributed by atoms with van der Waals surface area (Å²) in [5.74, 6) is 0.875. The van der Waals surface area contributed by atoms with E-state index in [2.05, 4.69) is 9.97 Å². The molecule has 2 nitrogen and oxygen atoms in total. The standard InChI is InChI=1S/C6H9N2.Zn/c1-4-5(2)8-6(3)7-4;/h1-3H3;/q-1;. The first-order valence-electron chi connectivity index (χ1n) is 2.64. The van der Waals surface area contributed by atoms with E-state index < -0.39 is 0 Å². The van der Waals surface area contributed by atoms with Crippen molar-refractivity contribution in [3.05, 3.63) is 17.2 Å². The zero-order chi connectivity index (χ0) is 6.15. The molecule has 1 aromatic heterocycles. The maximum atomic E-state index is 4.10. The third-order valence-corrected chi connectivity index (χ3v) is 1.18. The predicted octanol–water partition coefficient (Wildman–Crippen LogP) is 0.962. The van der Waals surface area contributed by atoms with Crippen LogP contribution in [-0.2, 0) is 19.5 Å². The number of hydrogen-bond donors (Lipinski definition) is 0. The minimum Gasteiger partial charge on any atom is -0.444 e. The molecule has 0 aromatic carbocycles. The molecule has 0 radical (unpaired) electrons. The molecule has 1 heterocycles. The second-order valence-electron chi connectivity index (χ2n) is 1.94. The Hall–Kier alpha value is -0.167. The van der Waals surface area contributed by atoms with Crippen molar-refractivity contribution in [1.29, 1.82) is 0 Å². The van der Waals surface area contributed by atoms with Crippen LogP contribution in [0, 0.1) is 20.8 Å². The molecule has 0 bridgehead atoms. The van der Waals surface area contributed by atoms with E-state index in [-0.39, 0.29) is 19.5 Å². The van der Waals surface area contributed by atoms with Gasteiger partial charge in [0.15, 0.2) is 0 Å². The van der Waals surface area contributed by atoms with Crippen LogP contribution < -0.4 is 4.98 Å². The van der Waals surface area contributed by atoms with Crippen molar-refractivity contribution in [1.82, 2.24) is 9.97 Å². The molecule has 0 aliphatic rings. The first-order valence-corrected chi connectivity index (χ1v) is 2.64. The molecule has 0 unspecified atom stereocenters. The van der Waals surface area contributed by atoms with Crippen LogP contribution in [0.2, 0.25) is 0 Å².